The fourth-order valence-corrected chi connectivity index (χ4v) is 4.31. The highest BCUT2D eigenvalue weighted by Gasteiger charge is 2.51. The Morgan fingerprint density at radius 1 is 1.21 bits per heavy atom. The third-order valence-electron chi connectivity index (χ3n) is 5.48. The molecule has 4 heteroatoms. The molecule has 0 saturated carbocycles. The lowest BCUT2D eigenvalue weighted by Crippen LogP contribution is -2.53. The molecule has 4 nitrogen and oxygen atoms in total. The Balaban J connectivity index is 1.84. The molecule has 0 spiro atoms. The second kappa shape index (κ2) is 5.76. The molecular formula is C20H29NO3. The molecule has 0 radical (unpaired) electrons. The van der Waals surface area contributed by atoms with Gasteiger partial charge in [-0.15, -0.1) is 0 Å². The molecule has 2 saturated heterocycles. The molecule has 2 fully saturated rings. The second-order valence-electron chi connectivity index (χ2n) is 8.46. The average Bonchev–Trinajstić information content (AvgIpc) is 2.73. The predicted octanol–water partition coefficient (Wildman–Crippen LogP) is 4.05. The number of carbonyl (C=O) groups is 1. The van der Waals surface area contributed by atoms with E-state index in [0.717, 1.165) is 24.0 Å². The summed E-state index contributed by atoms with van der Waals surface area (Å²) in [6.45, 7) is 9.83. The normalized spacial score (nSPS) is 29.7. The molecule has 132 valence electrons. The van der Waals surface area contributed by atoms with Crippen LogP contribution in [0.2, 0.25) is 0 Å². The summed E-state index contributed by atoms with van der Waals surface area (Å²) in [6.07, 6.45) is 2.83. The molecule has 2 unspecified atom stereocenters. The van der Waals surface area contributed by atoms with E-state index < -0.39 is 11.2 Å². The first-order valence-electron chi connectivity index (χ1n) is 8.91. The van der Waals surface area contributed by atoms with Crippen LogP contribution in [-0.4, -0.2) is 33.8 Å². The number of ether oxygens (including phenoxy) is 1. The van der Waals surface area contributed by atoms with E-state index in [-0.39, 0.29) is 18.2 Å². The first-order valence-corrected chi connectivity index (χ1v) is 8.91. The van der Waals surface area contributed by atoms with Crippen molar-refractivity contribution >= 4 is 6.09 Å². The molecule has 0 aliphatic carbocycles. The highest BCUT2D eigenvalue weighted by molar-refractivity contribution is 5.70. The lowest BCUT2D eigenvalue weighted by atomic mass is 9.78. The highest BCUT2D eigenvalue weighted by atomic mass is 16.6. The van der Waals surface area contributed by atoms with Crippen molar-refractivity contribution in [3.05, 3.63) is 34.9 Å². The number of aryl methyl sites for hydroxylation is 1. The van der Waals surface area contributed by atoms with Crippen molar-refractivity contribution in [2.24, 2.45) is 0 Å². The second-order valence-corrected chi connectivity index (χ2v) is 8.46. The van der Waals surface area contributed by atoms with Crippen LogP contribution in [0.3, 0.4) is 0 Å². The highest BCUT2D eigenvalue weighted by Crippen LogP contribution is 2.47. The largest absolute Gasteiger partial charge is 0.444 e. The number of hydrogen-bond donors (Lipinski definition) is 1. The van der Waals surface area contributed by atoms with Crippen LogP contribution < -0.4 is 0 Å². The minimum atomic E-state index is -0.847. The standard InChI is InChI=1S/C20H29NO3/c1-13-7-6-8-17(14(13)2)20(23)11-15-9-10-16(12-20)21(15)18(22)24-19(3,4)5/h6-8,15-16,23H,9-12H2,1-5H3. The van der Waals surface area contributed by atoms with Gasteiger partial charge in [-0.2, -0.15) is 0 Å². The van der Waals surface area contributed by atoms with Gasteiger partial charge in [-0.1, -0.05) is 18.2 Å². The van der Waals surface area contributed by atoms with E-state index >= 15 is 0 Å². The molecule has 1 aromatic rings. The smallest absolute Gasteiger partial charge is 0.410 e. The van der Waals surface area contributed by atoms with E-state index in [2.05, 4.69) is 19.9 Å². The van der Waals surface area contributed by atoms with Gasteiger partial charge < -0.3 is 14.7 Å². The van der Waals surface area contributed by atoms with E-state index in [1.165, 1.54) is 5.56 Å². The van der Waals surface area contributed by atoms with E-state index in [4.69, 9.17) is 4.74 Å². The molecule has 1 aromatic carbocycles. The summed E-state index contributed by atoms with van der Waals surface area (Å²) in [5.74, 6) is 0. The van der Waals surface area contributed by atoms with Crippen molar-refractivity contribution < 1.29 is 14.6 Å². The summed E-state index contributed by atoms with van der Waals surface area (Å²) in [5, 5.41) is 11.4. The van der Waals surface area contributed by atoms with Gasteiger partial charge in [0.2, 0.25) is 0 Å². The molecule has 1 amide bonds. The third kappa shape index (κ3) is 3.04. The van der Waals surface area contributed by atoms with Gasteiger partial charge in [-0.3, -0.25) is 0 Å². The zero-order chi connectivity index (χ0) is 17.7. The average molecular weight is 331 g/mol. The van der Waals surface area contributed by atoms with Crippen LogP contribution in [0.4, 0.5) is 4.79 Å². The molecule has 24 heavy (non-hydrogen) atoms. The van der Waals surface area contributed by atoms with Crippen molar-refractivity contribution in [3.63, 3.8) is 0 Å². The number of rotatable bonds is 1. The summed E-state index contributed by atoms with van der Waals surface area (Å²) in [6, 6.07) is 6.24. The fraction of sp³-hybridized carbons (Fsp3) is 0.650. The molecule has 2 atom stereocenters. The Hall–Kier alpha value is -1.55. The molecule has 2 heterocycles. The first-order chi connectivity index (χ1) is 11.1. The third-order valence-corrected chi connectivity index (χ3v) is 5.48. The molecule has 2 aliphatic heterocycles. The maximum Gasteiger partial charge on any atom is 0.410 e. The molecule has 3 rings (SSSR count). The van der Waals surface area contributed by atoms with E-state index in [1.54, 1.807) is 0 Å². The number of piperidine rings is 1. The zero-order valence-corrected chi connectivity index (χ0v) is 15.4. The van der Waals surface area contributed by atoms with Gasteiger partial charge in [-0.25, -0.2) is 4.79 Å². The summed E-state index contributed by atoms with van der Waals surface area (Å²) in [4.78, 5) is 14.4. The number of fused-ring (bicyclic) bond motifs is 2. The summed E-state index contributed by atoms with van der Waals surface area (Å²) in [7, 11) is 0. The topological polar surface area (TPSA) is 49.8 Å². The van der Waals surface area contributed by atoms with Crippen LogP contribution in [0.5, 0.6) is 0 Å². The molecule has 1 N–H and O–H groups in total. The Morgan fingerprint density at radius 3 is 2.33 bits per heavy atom. The van der Waals surface area contributed by atoms with Gasteiger partial charge in [0.15, 0.2) is 0 Å². The predicted molar refractivity (Wildman–Crippen MR) is 93.9 cm³/mol. The lowest BCUT2D eigenvalue weighted by molar-refractivity contribution is -0.0627. The first kappa shape index (κ1) is 17.3. The van der Waals surface area contributed by atoms with Gasteiger partial charge in [0.1, 0.15) is 5.60 Å². The van der Waals surface area contributed by atoms with Gasteiger partial charge in [-0.05, 0) is 64.2 Å². The Labute approximate surface area is 144 Å². The Morgan fingerprint density at radius 2 is 1.79 bits per heavy atom. The maximum absolute atomic E-state index is 12.6. The minimum absolute atomic E-state index is 0.0588. The maximum atomic E-state index is 12.6. The zero-order valence-electron chi connectivity index (χ0n) is 15.4. The van der Waals surface area contributed by atoms with Crippen LogP contribution in [-0.2, 0) is 10.3 Å². The summed E-state index contributed by atoms with van der Waals surface area (Å²) in [5.41, 5.74) is 2.04. The summed E-state index contributed by atoms with van der Waals surface area (Å²) < 4.78 is 5.58. The quantitative estimate of drug-likeness (QED) is 0.844. The van der Waals surface area contributed by atoms with E-state index in [0.29, 0.717) is 12.8 Å². The summed E-state index contributed by atoms with van der Waals surface area (Å²) >= 11 is 0. The number of hydrogen-bond acceptors (Lipinski definition) is 3. The van der Waals surface area contributed by atoms with Crippen molar-refractivity contribution in [2.45, 2.75) is 83.6 Å². The number of carbonyl (C=O) groups excluding carboxylic acids is 1. The Kier molecular flexibility index (Phi) is 4.15. The van der Waals surface area contributed by atoms with Crippen LogP contribution in [0.1, 0.15) is 63.1 Å². The fourth-order valence-electron chi connectivity index (χ4n) is 4.31. The Bertz CT molecular complexity index is 633. The van der Waals surface area contributed by atoms with Crippen LogP contribution in [0.25, 0.3) is 0 Å². The molecule has 2 bridgehead atoms. The van der Waals surface area contributed by atoms with Crippen molar-refractivity contribution in [2.75, 3.05) is 0 Å². The van der Waals surface area contributed by atoms with Gasteiger partial charge in [0, 0.05) is 24.9 Å². The van der Waals surface area contributed by atoms with Crippen LogP contribution in [0.15, 0.2) is 18.2 Å². The molecular weight excluding hydrogens is 302 g/mol. The van der Waals surface area contributed by atoms with E-state index in [9.17, 15) is 9.90 Å². The monoisotopic (exact) mass is 331 g/mol. The number of benzene rings is 1. The van der Waals surface area contributed by atoms with E-state index in [1.807, 2.05) is 37.8 Å². The van der Waals surface area contributed by atoms with Crippen molar-refractivity contribution in [1.29, 1.82) is 0 Å². The SMILES string of the molecule is Cc1cccc(C2(O)CC3CCC(C2)N3C(=O)OC(C)(C)C)c1C. The number of aliphatic hydroxyl groups is 1. The van der Waals surface area contributed by atoms with Crippen molar-refractivity contribution in [3.8, 4) is 0 Å². The minimum Gasteiger partial charge on any atom is -0.444 e. The van der Waals surface area contributed by atoms with Gasteiger partial charge in [0.05, 0.1) is 5.60 Å². The number of amides is 1. The molecule has 2 aliphatic rings. The number of nitrogens with zero attached hydrogens (tertiary/aromatic N) is 1. The lowest BCUT2D eigenvalue weighted by Gasteiger charge is -2.44. The van der Waals surface area contributed by atoms with Crippen LogP contribution >= 0.6 is 0 Å². The van der Waals surface area contributed by atoms with Gasteiger partial charge >= 0.3 is 6.09 Å². The van der Waals surface area contributed by atoms with Crippen molar-refractivity contribution in [1.82, 2.24) is 4.90 Å². The molecule has 0 aromatic heterocycles. The van der Waals surface area contributed by atoms with Crippen LogP contribution in [0, 0.1) is 13.8 Å². The van der Waals surface area contributed by atoms with Gasteiger partial charge in [0.25, 0.3) is 0 Å².